The molecule has 5 nitrogen and oxygen atoms in total. The fraction of sp³-hybridized carbons (Fsp3) is 0.500. The van der Waals surface area contributed by atoms with Crippen molar-refractivity contribution in [1.82, 2.24) is 0 Å². The molecule has 2 rings (SSSR count). The minimum absolute atomic E-state index is 0.0576. The Hall–Kier alpha value is -0.450. The van der Waals surface area contributed by atoms with Crippen molar-refractivity contribution in [3.05, 3.63) is 28.8 Å². The zero-order chi connectivity index (χ0) is 20.8. The lowest BCUT2D eigenvalue weighted by molar-refractivity contribution is -0.137. The van der Waals surface area contributed by atoms with Crippen LogP contribution >= 0.6 is 46.4 Å². The Balaban J connectivity index is 2.71. The molecule has 1 aromatic carbocycles. The van der Waals surface area contributed by atoms with Gasteiger partial charge in [0.2, 0.25) is 10.0 Å². The van der Waals surface area contributed by atoms with Crippen LogP contribution in [0.15, 0.2) is 18.2 Å². The number of primary sulfonamides is 1. The number of hydrogen-bond donors (Lipinski definition) is 1. The van der Waals surface area contributed by atoms with E-state index in [1.165, 1.54) is 0 Å². The van der Waals surface area contributed by atoms with E-state index in [4.69, 9.17) is 51.5 Å². The third-order valence-corrected chi connectivity index (χ3v) is 6.27. The van der Waals surface area contributed by atoms with E-state index in [1.807, 2.05) is 0 Å². The van der Waals surface area contributed by atoms with Gasteiger partial charge in [-0.15, -0.1) is 0 Å². The van der Waals surface area contributed by atoms with Crippen molar-refractivity contribution in [3.8, 4) is 0 Å². The van der Waals surface area contributed by atoms with E-state index in [0.29, 0.717) is 17.4 Å². The van der Waals surface area contributed by atoms with Crippen molar-refractivity contribution in [2.45, 2.75) is 40.5 Å². The van der Waals surface area contributed by atoms with Crippen molar-refractivity contribution in [1.29, 1.82) is 0 Å². The van der Waals surface area contributed by atoms with Crippen LogP contribution in [0.2, 0.25) is 5.02 Å². The SMILES string of the molecule is NS(=O)(=O)C1CCCC1N(C(=O)C(Cl)(Cl)Cl)c1ccc(Cl)cc1C(F)(F)F. The van der Waals surface area contributed by atoms with Crippen LogP contribution in [0, 0.1) is 0 Å². The number of benzene rings is 1. The molecule has 1 aliphatic rings. The minimum atomic E-state index is -4.90. The molecular formula is C14H13Cl4F3N2O3S. The van der Waals surface area contributed by atoms with E-state index >= 15 is 0 Å². The zero-order valence-electron chi connectivity index (χ0n) is 13.3. The minimum Gasteiger partial charge on any atom is -0.304 e. The highest BCUT2D eigenvalue weighted by molar-refractivity contribution is 7.89. The largest absolute Gasteiger partial charge is 0.418 e. The van der Waals surface area contributed by atoms with Crippen LogP contribution in [-0.4, -0.2) is 29.4 Å². The summed E-state index contributed by atoms with van der Waals surface area (Å²) in [5.41, 5.74) is -1.93. The smallest absolute Gasteiger partial charge is 0.304 e. The molecule has 0 saturated heterocycles. The quantitative estimate of drug-likeness (QED) is 0.646. The molecular weight excluding hydrogens is 475 g/mol. The van der Waals surface area contributed by atoms with Crippen molar-refractivity contribution in [3.63, 3.8) is 0 Å². The van der Waals surface area contributed by atoms with Gasteiger partial charge in [0.1, 0.15) is 0 Å². The third-order valence-electron chi connectivity index (χ3n) is 4.16. The van der Waals surface area contributed by atoms with Crippen LogP contribution in [-0.2, 0) is 21.0 Å². The van der Waals surface area contributed by atoms with E-state index in [1.54, 1.807) is 0 Å². The van der Waals surface area contributed by atoms with Gasteiger partial charge in [0.05, 0.1) is 22.5 Å². The average Bonchev–Trinajstić information content (AvgIpc) is 2.96. The van der Waals surface area contributed by atoms with Gasteiger partial charge < -0.3 is 4.90 Å². The lowest BCUT2D eigenvalue weighted by atomic mass is 10.1. The second-order valence-electron chi connectivity index (χ2n) is 5.96. The molecule has 1 aliphatic carbocycles. The molecule has 0 heterocycles. The van der Waals surface area contributed by atoms with Gasteiger partial charge >= 0.3 is 6.18 Å². The first-order valence-electron chi connectivity index (χ1n) is 7.43. The second-order valence-corrected chi connectivity index (χ2v) is 10.5. The first-order valence-corrected chi connectivity index (χ1v) is 10.5. The molecule has 27 heavy (non-hydrogen) atoms. The van der Waals surface area contributed by atoms with Crippen LogP contribution in [0.1, 0.15) is 24.8 Å². The van der Waals surface area contributed by atoms with Crippen molar-refractivity contribution in [2.24, 2.45) is 5.14 Å². The normalized spacial score (nSPS) is 21.3. The molecule has 13 heteroatoms. The molecule has 2 unspecified atom stereocenters. The highest BCUT2D eigenvalue weighted by Gasteiger charge is 2.48. The first kappa shape index (κ1) is 22.8. The Kier molecular flexibility index (Phi) is 6.56. The molecule has 0 bridgehead atoms. The van der Waals surface area contributed by atoms with Crippen LogP contribution in [0.3, 0.4) is 0 Å². The van der Waals surface area contributed by atoms with E-state index in [-0.39, 0.29) is 17.9 Å². The summed E-state index contributed by atoms with van der Waals surface area (Å²) < 4.78 is 61.7. The number of hydrogen-bond acceptors (Lipinski definition) is 3. The maximum atomic E-state index is 13.5. The monoisotopic (exact) mass is 486 g/mol. The van der Waals surface area contributed by atoms with Gasteiger partial charge in [-0.2, -0.15) is 13.2 Å². The van der Waals surface area contributed by atoms with Crippen molar-refractivity contribution >= 4 is 68.0 Å². The summed E-state index contributed by atoms with van der Waals surface area (Å²) in [5, 5.41) is 3.66. The second kappa shape index (κ2) is 7.76. The fourth-order valence-electron chi connectivity index (χ4n) is 3.11. The van der Waals surface area contributed by atoms with Crippen LogP contribution in [0.25, 0.3) is 0 Å². The number of alkyl halides is 6. The number of carbonyl (C=O) groups excluding carboxylic acids is 1. The predicted octanol–water partition coefficient (Wildman–Crippen LogP) is 4.27. The molecule has 2 N–H and O–H groups in total. The Morgan fingerprint density at radius 3 is 2.26 bits per heavy atom. The molecule has 0 aliphatic heterocycles. The lowest BCUT2D eigenvalue weighted by Crippen LogP contribution is -2.52. The molecule has 1 amide bonds. The molecule has 0 spiro atoms. The average molecular weight is 488 g/mol. The number of amides is 1. The first-order chi connectivity index (χ1) is 12.1. The Bertz CT molecular complexity index is 843. The van der Waals surface area contributed by atoms with Gasteiger partial charge in [-0.25, -0.2) is 13.6 Å². The summed E-state index contributed by atoms with van der Waals surface area (Å²) in [5.74, 6) is -1.32. The summed E-state index contributed by atoms with van der Waals surface area (Å²) >= 11 is 22.5. The highest BCUT2D eigenvalue weighted by Crippen LogP contribution is 2.43. The van der Waals surface area contributed by atoms with Gasteiger partial charge in [0.15, 0.2) is 0 Å². The Morgan fingerprint density at radius 2 is 1.78 bits per heavy atom. The van der Waals surface area contributed by atoms with Gasteiger partial charge in [-0.05, 0) is 37.5 Å². The maximum Gasteiger partial charge on any atom is 0.418 e. The van der Waals surface area contributed by atoms with Crippen LogP contribution < -0.4 is 10.0 Å². The molecule has 2 atom stereocenters. The summed E-state index contributed by atoms with van der Waals surface area (Å²) in [4.78, 5) is 13.2. The third kappa shape index (κ3) is 5.13. The summed E-state index contributed by atoms with van der Waals surface area (Å²) in [6.07, 6.45) is -4.47. The maximum absolute atomic E-state index is 13.5. The predicted molar refractivity (Wildman–Crippen MR) is 98.8 cm³/mol. The Morgan fingerprint density at radius 1 is 1.19 bits per heavy atom. The number of nitrogens with zero attached hydrogens (tertiary/aromatic N) is 1. The van der Waals surface area contributed by atoms with Gasteiger partial charge in [0, 0.05) is 5.02 Å². The molecule has 1 fully saturated rings. The molecule has 0 radical (unpaired) electrons. The van der Waals surface area contributed by atoms with Crippen molar-refractivity contribution in [2.75, 3.05) is 4.90 Å². The summed E-state index contributed by atoms with van der Waals surface area (Å²) in [7, 11) is -4.17. The number of rotatable bonds is 3. The van der Waals surface area contributed by atoms with E-state index in [9.17, 15) is 26.4 Å². The van der Waals surface area contributed by atoms with Gasteiger partial charge in [-0.1, -0.05) is 46.4 Å². The highest BCUT2D eigenvalue weighted by atomic mass is 35.6. The molecule has 1 aromatic rings. The number of halogens is 7. The van der Waals surface area contributed by atoms with Crippen molar-refractivity contribution < 1.29 is 26.4 Å². The van der Waals surface area contributed by atoms with Crippen LogP contribution in [0.5, 0.6) is 0 Å². The zero-order valence-corrected chi connectivity index (χ0v) is 17.2. The van der Waals surface area contributed by atoms with E-state index < -0.39 is 48.4 Å². The molecule has 0 aromatic heterocycles. The topological polar surface area (TPSA) is 80.5 Å². The summed E-state index contributed by atoms with van der Waals surface area (Å²) in [6.45, 7) is 0. The number of carbonyl (C=O) groups is 1. The number of anilines is 1. The fourth-order valence-corrected chi connectivity index (χ4v) is 4.74. The van der Waals surface area contributed by atoms with E-state index in [0.717, 1.165) is 12.1 Å². The van der Waals surface area contributed by atoms with Gasteiger partial charge in [-0.3, -0.25) is 4.79 Å². The number of nitrogens with two attached hydrogens (primary N) is 1. The lowest BCUT2D eigenvalue weighted by Gasteiger charge is -2.35. The van der Waals surface area contributed by atoms with Crippen LogP contribution in [0.4, 0.5) is 18.9 Å². The number of sulfonamides is 1. The standard InChI is InChI=1S/C14H13Cl4F3N2O3S/c15-7-4-5-9(8(6-7)14(19,20)21)23(12(24)13(16,17)18)10-2-1-3-11(10)27(22,25)26/h4-6,10-11H,1-3H2,(H2,22,25,26). The van der Waals surface area contributed by atoms with Gasteiger partial charge in [0.25, 0.3) is 9.70 Å². The summed E-state index contributed by atoms with van der Waals surface area (Å²) in [6, 6.07) is 1.42. The van der Waals surface area contributed by atoms with E-state index in [2.05, 4.69) is 0 Å². The Labute approximate surface area is 173 Å². The molecule has 152 valence electrons. The molecule has 1 saturated carbocycles.